The maximum Gasteiger partial charge on any atom is 0.523 e. The first-order chi connectivity index (χ1) is 14.7. The Labute approximate surface area is 187 Å². The van der Waals surface area contributed by atoms with E-state index >= 15 is 0 Å². The van der Waals surface area contributed by atoms with Crippen molar-refractivity contribution in [1.82, 2.24) is 0 Å². The van der Waals surface area contributed by atoms with E-state index in [1.807, 2.05) is 12.1 Å². The number of aliphatic hydroxyl groups excluding tert-OH is 1. The van der Waals surface area contributed by atoms with Crippen LogP contribution < -0.4 is 5.26 Å². The number of carbonyl (C=O) groups is 1. The third-order valence-corrected chi connectivity index (χ3v) is 7.14. The van der Waals surface area contributed by atoms with Gasteiger partial charge in [0.2, 0.25) is 0 Å². The second kappa shape index (κ2) is 8.30. The monoisotopic (exact) mass is 436 g/mol. The SMILES string of the molecule is Cc1cc(C)cc(C2=C(C=C[C@H]3C[C@H](O)CC(=O)[O+]3[O-])C(C)(C)Sc3ccccc32)c1. The number of thioether (sulfide) groups is 1. The number of benzene rings is 2. The third-order valence-electron chi connectivity index (χ3n) is 5.83. The number of aliphatic hydroxyl groups is 1. The van der Waals surface area contributed by atoms with Gasteiger partial charge in [-0.2, -0.15) is 0 Å². The van der Waals surface area contributed by atoms with E-state index in [-0.39, 0.29) is 17.6 Å². The van der Waals surface area contributed by atoms with E-state index in [9.17, 15) is 15.2 Å². The third kappa shape index (κ3) is 4.36. The molecule has 0 saturated carbocycles. The van der Waals surface area contributed by atoms with Crippen molar-refractivity contribution >= 4 is 23.3 Å². The van der Waals surface area contributed by atoms with E-state index in [0.717, 1.165) is 16.7 Å². The van der Waals surface area contributed by atoms with Gasteiger partial charge in [0.15, 0.2) is 6.10 Å². The van der Waals surface area contributed by atoms with E-state index in [2.05, 4.69) is 64.1 Å². The van der Waals surface area contributed by atoms with Crippen molar-refractivity contribution in [2.24, 2.45) is 0 Å². The van der Waals surface area contributed by atoms with E-state index in [1.165, 1.54) is 26.1 Å². The number of hydrogen-bond donors (Lipinski definition) is 1. The lowest BCUT2D eigenvalue weighted by molar-refractivity contribution is -0.770. The quantitative estimate of drug-likeness (QED) is 0.439. The van der Waals surface area contributed by atoms with E-state index in [1.54, 1.807) is 17.8 Å². The molecular weight excluding hydrogens is 408 g/mol. The highest BCUT2D eigenvalue weighted by Gasteiger charge is 2.36. The molecule has 0 radical (unpaired) electrons. The van der Waals surface area contributed by atoms with Crippen LogP contribution >= 0.6 is 11.8 Å². The summed E-state index contributed by atoms with van der Waals surface area (Å²) >= 11 is 1.79. The minimum atomic E-state index is -0.790. The molecule has 0 aromatic heterocycles. The molecule has 0 spiro atoms. The highest BCUT2D eigenvalue weighted by Crippen LogP contribution is 2.51. The molecule has 31 heavy (non-hydrogen) atoms. The summed E-state index contributed by atoms with van der Waals surface area (Å²) in [6.07, 6.45) is 2.30. The van der Waals surface area contributed by atoms with Gasteiger partial charge in [0.1, 0.15) is 6.42 Å². The summed E-state index contributed by atoms with van der Waals surface area (Å²) in [4.78, 5) is 13.1. The zero-order chi connectivity index (χ0) is 22.3. The Morgan fingerprint density at radius 1 is 1.16 bits per heavy atom. The molecule has 1 N–H and O–H groups in total. The summed E-state index contributed by atoms with van der Waals surface area (Å²) in [5.74, 6) is -0.639. The molecule has 2 atom stereocenters. The Hall–Kier alpha value is -2.34. The largest absolute Gasteiger partial charge is 0.593 e. The average Bonchev–Trinajstić information content (AvgIpc) is 2.68. The number of fused-ring (bicyclic) bond motifs is 1. The Morgan fingerprint density at radius 3 is 2.55 bits per heavy atom. The van der Waals surface area contributed by atoms with Crippen LogP contribution in [0.1, 0.15) is 48.9 Å². The van der Waals surface area contributed by atoms with Gasteiger partial charge in [-0.25, -0.2) is 0 Å². The second-order valence-corrected chi connectivity index (χ2v) is 10.6. The fourth-order valence-corrected chi connectivity index (χ4v) is 5.74. The molecule has 2 heterocycles. The topological polar surface area (TPSA) is 63.1 Å². The number of hydrogen-bond acceptors (Lipinski definition) is 4. The van der Waals surface area contributed by atoms with Crippen molar-refractivity contribution in [3.63, 3.8) is 0 Å². The van der Waals surface area contributed by atoms with Gasteiger partial charge in [0.05, 0.1) is 6.10 Å². The van der Waals surface area contributed by atoms with Crippen LogP contribution in [0.5, 0.6) is 0 Å². The lowest BCUT2D eigenvalue weighted by Crippen LogP contribution is -2.47. The molecule has 0 amide bonds. The van der Waals surface area contributed by atoms with Gasteiger partial charge in [0, 0.05) is 20.9 Å². The first kappa shape index (κ1) is 21.9. The van der Waals surface area contributed by atoms with Crippen LogP contribution in [0.25, 0.3) is 5.57 Å². The predicted octanol–water partition coefficient (Wildman–Crippen LogP) is 4.42. The molecule has 0 unspecified atom stereocenters. The highest BCUT2D eigenvalue weighted by molar-refractivity contribution is 8.01. The van der Waals surface area contributed by atoms with E-state index in [0.29, 0.717) is 0 Å². The highest BCUT2D eigenvalue weighted by atomic mass is 32.2. The molecule has 4 rings (SSSR count). The molecule has 4 nitrogen and oxygen atoms in total. The van der Waals surface area contributed by atoms with Gasteiger partial charge < -0.3 is 14.9 Å². The van der Waals surface area contributed by atoms with Crippen molar-refractivity contribution in [3.05, 3.63) is 82.4 Å². The van der Waals surface area contributed by atoms with Crippen LogP contribution in [0.4, 0.5) is 0 Å². The Balaban J connectivity index is 1.89. The van der Waals surface area contributed by atoms with Gasteiger partial charge in [-0.05, 0) is 62.1 Å². The van der Waals surface area contributed by atoms with Crippen LogP contribution in [-0.4, -0.2) is 28.0 Å². The predicted molar refractivity (Wildman–Crippen MR) is 123 cm³/mol. The maximum atomic E-state index is 12.2. The Kier molecular flexibility index (Phi) is 5.86. The van der Waals surface area contributed by atoms with Crippen molar-refractivity contribution in [1.29, 1.82) is 0 Å². The summed E-state index contributed by atoms with van der Waals surface area (Å²) in [5.41, 5.74) is 6.95. The number of carbonyl (C=O) groups excluding carboxylic acids is 1. The van der Waals surface area contributed by atoms with Gasteiger partial charge >= 0.3 is 5.97 Å². The molecule has 0 aliphatic carbocycles. The zero-order valence-electron chi connectivity index (χ0n) is 18.3. The smallest absolute Gasteiger partial charge is 0.523 e. The summed E-state index contributed by atoms with van der Waals surface area (Å²) in [5, 5.41) is 22.2. The van der Waals surface area contributed by atoms with Gasteiger partial charge in [-0.3, -0.25) is 0 Å². The standard InChI is InChI=1S/C26H28O4S/c1-16-11-17(2)13-18(12-16)25-21-7-5-6-8-23(21)31-26(3,4)22(25)10-9-20-14-19(27)15-24(28)30(20)29/h5-13,19-20,27H,14-15H2,1-4H3/t19-,20-/m0/s1. The fourth-order valence-electron chi connectivity index (χ4n) is 4.49. The summed E-state index contributed by atoms with van der Waals surface area (Å²) in [7, 11) is 0. The van der Waals surface area contributed by atoms with Gasteiger partial charge in [0.25, 0.3) is 0 Å². The molecule has 2 aliphatic heterocycles. The first-order valence-corrected chi connectivity index (χ1v) is 11.4. The summed E-state index contributed by atoms with van der Waals surface area (Å²) < 4.78 is 1.17. The Morgan fingerprint density at radius 2 is 1.84 bits per heavy atom. The Bertz CT molecular complexity index is 1060. The number of rotatable bonds is 3. The van der Waals surface area contributed by atoms with Crippen molar-refractivity contribution in [3.8, 4) is 0 Å². The molecule has 2 aromatic rings. The molecule has 1 fully saturated rings. The minimum Gasteiger partial charge on any atom is -0.593 e. The van der Waals surface area contributed by atoms with Gasteiger partial charge in [-0.1, -0.05) is 53.6 Å². The van der Waals surface area contributed by atoms with Crippen LogP contribution in [0, 0.1) is 13.8 Å². The molecule has 2 aromatic carbocycles. The molecular formula is C26H28O4S. The fraction of sp³-hybridized carbons (Fsp3) is 0.346. The summed E-state index contributed by atoms with van der Waals surface area (Å²) in [6.45, 7) is 8.56. The van der Waals surface area contributed by atoms with E-state index in [4.69, 9.17) is 0 Å². The normalized spacial score (nSPS) is 23.4. The second-order valence-electron chi connectivity index (χ2n) is 8.93. The van der Waals surface area contributed by atoms with Gasteiger partial charge in [-0.15, -0.1) is 11.8 Å². The van der Waals surface area contributed by atoms with Crippen LogP contribution in [0.3, 0.4) is 0 Å². The summed E-state index contributed by atoms with van der Waals surface area (Å²) in [6, 6.07) is 14.9. The van der Waals surface area contributed by atoms with E-state index < -0.39 is 18.2 Å². The maximum absolute atomic E-state index is 12.2. The molecule has 162 valence electrons. The number of cyclic esters (lactones) is 1. The van der Waals surface area contributed by atoms with Crippen LogP contribution in [0.15, 0.2) is 65.1 Å². The van der Waals surface area contributed by atoms with Crippen LogP contribution in [0.2, 0.25) is 0 Å². The molecule has 0 bridgehead atoms. The van der Waals surface area contributed by atoms with Crippen LogP contribution in [-0.2, 0) is 9.31 Å². The van der Waals surface area contributed by atoms with Crippen molar-refractivity contribution in [2.75, 3.05) is 0 Å². The zero-order valence-corrected chi connectivity index (χ0v) is 19.2. The average molecular weight is 437 g/mol. The first-order valence-electron chi connectivity index (χ1n) is 10.6. The molecule has 1 saturated heterocycles. The lowest BCUT2D eigenvalue weighted by atomic mass is 9.85. The molecule has 2 aliphatic rings. The van der Waals surface area contributed by atoms with Crippen molar-refractivity contribution < 1.29 is 19.7 Å². The number of aryl methyl sites for hydroxylation is 2. The van der Waals surface area contributed by atoms with Crippen molar-refractivity contribution in [2.45, 2.75) is 62.4 Å². The number of allylic oxidation sites excluding steroid dienone is 1. The lowest BCUT2D eigenvalue weighted by Gasteiger charge is -2.38. The molecule has 5 heteroatoms. The minimum absolute atomic E-state index is 0.135.